The number of nitrogens with zero attached hydrogens (tertiary/aromatic N) is 1. The first-order valence-electron chi connectivity index (χ1n) is 3.39. The van der Waals surface area contributed by atoms with Gasteiger partial charge in [-0.25, -0.2) is 5.43 Å². The van der Waals surface area contributed by atoms with Gasteiger partial charge in [-0.2, -0.15) is 0 Å². The molecule has 0 atom stereocenters. The zero-order valence-corrected chi connectivity index (χ0v) is 5.64. The molecule has 0 amide bonds. The van der Waals surface area contributed by atoms with Crippen LogP contribution in [0.1, 0.15) is 12.8 Å². The standard InChI is InChI=1S/C7H13N2/c1-2-3-6-9-7-4-5-8-9/h4,7-8H,1-3,5-6H2. The first-order chi connectivity index (χ1) is 4.43. The summed E-state index contributed by atoms with van der Waals surface area (Å²) in [5.41, 5.74) is 3.19. The first kappa shape index (κ1) is 6.62. The second-order valence-corrected chi connectivity index (χ2v) is 2.15. The van der Waals surface area contributed by atoms with Crippen LogP contribution in [-0.4, -0.2) is 18.1 Å². The van der Waals surface area contributed by atoms with Crippen molar-refractivity contribution in [2.24, 2.45) is 0 Å². The van der Waals surface area contributed by atoms with Crippen molar-refractivity contribution in [3.05, 3.63) is 19.2 Å². The number of hydrogen-bond acceptors (Lipinski definition) is 2. The molecular formula is C7H13N2. The van der Waals surface area contributed by atoms with Gasteiger partial charge in [0.1, 0.15) is 0 Å². The Bertz CT molecular complexity index is 99.1. The highest BCUT2D eigenvalue weighted by molar-refractivity contribution is 4.88. The molecule has 0 bridgehead atoms. The Balaban J connectivity index is 2.05. The Morgan fingerprint density at radius 2 is 2.56 bits per heavy atom. The van der Waals surface area contributed by atoms with E-state index in [-0.39, 0.29) is 0 Å². The maximum Gasteiger partial charge on any atom is 0.0348 e. The molecule has 1 rings (SSSR count). The molecule has 0 aromatic rings. The van der Waals surface area contributed by atoms with E-state index in [1.54, 1.807) is 0 Å². The summed E-state index contributed by atoms with van der Waals surface area (Å²) >= 11 is 0. The molecule has 0 aliphatic carbocycles. The van der Waals surface area contributed by atoms with Gasteiger partial charge in [0.25, 0.3) is 0 Å². The van der Waals surface area contributed by atoms with Crippen molar-refractivity contribution in [1.82, 2.24) is 10.4 Å². The molecule has 0 aromatic heterocycles. The highest BCUT2D eigenvalue weighted by atomic mass is 15.5. The molecule has 1 heterocycles. The number of hydrazine groups is 1. The molecule has 0 spiro atoms. The second-order valence-electron chi connectivity index (χ2n) is 2.15. The lowest BCUT2D eigenvalue weighted by molar-refractivity contribution is 0.303. The molecule has 51 valence electrons. The quantitative estimate of drug-likeness (QED) is 0.603. The van der Waals surface area contributed by atoms with Crippen LogP contribution < -0.4 is 5.43 Å². The van der Waals surface area contributed by atoms with Gasteiger partial charge in [-0.05, 0) is 6.42 Å². The summed E-state index contributed by atoms with van der Waals surface area (Å²) in [4.78, 5) is 0. The topological polar surface area (TPSA) is 15.3 Å². The van der Waals surface area contributed by atoms with Crippen LogP contribution in [0.2, 0.25) is 0 Å². The molecule has 0 fully saturated rings. The van der Waals surface area contributed by atoms with Crippen molar-refractivity contribution in [3.8, 4) is 0 Å². The van der Waals surface area contributed by atoms with Gasteiger partial charge in [0.2, 0.25) is 0 Å². The third kappa shape index (κ3) is 2.06. The molecule has 2 heteroatoms. The van der Waals surface area contributed by atoms with E-state index in [0.717, 1.165) is 25.9 Å². The van der Waals surface area contributed by atoms with E-state index < -0.39 is 0 Å². The Labute approximate surface area is 56.5 Å². The molecule has 0 saturated carbocycles. The van der Waals surface area contributed by atoms with Gasteiger partial charge in [0, 0.05) is 19.3 Å². The maximum absolute atomic E-state index is 3.77. The van der Waals surface area contributed by atoms with Gasteiger partial charge in [0.05, 0.1) is 0 Å². The average molecular weight is 125 g/mol. The van der Waals surface area contributed by atoms with Gasteiger partial charge < -0.3 is 5.01 Å². The lowest BCUT2D eigenvalue weighted by Crippen LogP contribution is -2.29. The number of nitrogens with one attached hydrogen (secondary N) is 1. The fraction of sp³-hybridized carbons (Fsp3) is 0.571. The predicted molar refractivity (Wildman–Crippen MR) is 38.4 cm³/mol. The smallest absolute Gasteiger partial charge is 0.0348 e. The summed E-state index contributed by atoms with van der Waals surface area (Å²) in [6.07, 6.45) is 6.38. The van der Waals surface area contributed by atoms with Crippen molar-refractivity contribution in [1.29, 1.82) is 0 Å². The molecule has 0 saturated heterocycles. The van der Waals surface area contributed by atoms with Gasteiger partial charge in [-0.3, -0.25) is 0 Å². The monoisotopic (exact) mass is 125 g/mol. The molecule has 1 aliphatic rings. The lowest BCUT2D eigenvalue weighted by atomic mass is 10.3. The third-order valence-corrected chi connectivity index (χ3v) is 1.35. The van der Waals surface area contributed by atoms with Crippen LogP contribution in [0.25, 0.3) is 0 Å². The van der Waals surface area contributed by atoms with E-state index >= 15 is 0 Å². The minimum atomic E-state index is 0.983. The van der Waals surface area contributed by atoms with E-state index in [9.17, 15) is 0 Å². The Hall–Kier alpha value is -0.500. The van der Waals surface area contributed by atoms with Gasteiger partial charge >= 0.3 is 0 Å². The van der Waals surface area contributed by atoms with E-state index in [4.69, 9.17) is 0 Å². The maximum atomic E-state index is 3.77. The molecule has 9 heavy (non-hydrogen) atoms. The minimum Gasteiger partial charge on any atom is -0.316 e. The molecule has 1 radical (unpaired) electrons. The number of rotatable bonds is 3. The third-order valence-electron chi connectivity index (χ3n) is 1.35. The Kier molecular flexibility index (Phi) is 2.58. The zero-order chi connectivity index (χ0) is 6.53. The highest BCUT2D eigenvalue weighted by Gasteiger charge is 1.99. The van der Waals surface area contributed by atoms with Crippen molar-refractivity contribution in [2.75, 3.05) is 13.1 Å². The summed E-state index contributed by atoms with van der Waals surface area (Å²) in [6.45, 7) is 5.83. The molecule has 0 unspecified atom stereocenters. The van der Waals surface area contributed by atoms with E-state index in [1.807, 2.05) is 0 Å². The van der Waals surface area contributed by atoms with Crippen molar-refractivity contribution in [2.45, 2.75) is 12.8 Å². The van der Waals surface area contributed by atoms with Gasteiger partial charge in [0.15, 0.2) is 0 Å². The van der Waals surface area contributed by atoms with Gasteiger partial charge in [-0.15, -0.1) is 0 Å². The van der Waals surface area contributed by atoms with Crippen molar-refractivity contribution in [3.63, 3.8) is 0 Å². The van der Waals surface area contributed by atoms with Crippen LogP contribution in [0.5, 0.6) is 0 Å². The highest BCUT2D eigenvalue weighted by Crippen LogP contribution is 1.95. The lowest BCUT2D eigenvalue weighted by Gasteiger charge is -2.14. The summed E-state index contributed by atoms with van der Waals surface area (Å²) in [5.74, 6) is 0. The summed E-state index contributed by atoms with van der Waals surface area (Å²) in [5, 5.41) is 2.10. The predicted octanol–water partition coefficient (Wildman–Crippen LogP) is 0.935. The van der Waals surface area contributed by atoms with Crippen LogP contribution in [-0.2, 0) is 0 Å². The average Bonchev–Trinajstić information content (AvgIpc) is 2.34. The van der Waals surface area contributed by atoms with Crippen LogP contribution in [0.3, 0.4) is 0 Å². The fourth-order valence-electron chi connectivity index (χ4n) is 0.838. The summed E-state index contributed by atoms with van der Waals surface area (Å²) in [6, 6.07) is 0. The Morgan fingerprint density at radius 3 is 3.11 bits per heavy atom. The second kappa shape index (κ2) is 3.51. The van der Waals surface area contributed by atoms with Crippen LogP contribution in [0.4, 0.5) is 0 Å². The van der Waals surface area contributed by atoms with E-state index in [0.29, 0.717) is 0 Å². The minimum absolute atomic E-state index is 0.983. The molecule has 1 N–H and O–H groups in total. The van der Waals surface area contributed by atoms with Crippen molar-refractivity contribution < 1.29 is 0 Å². The van der Waals surface area contributed by atoms with Crippen LogP contribution >= 0.6 is 0 Å². The first-order valence-corrected chi connectivity index (χ1v) is 3.39. The SMILES string of the molecule is [CH2]CCCN1C=CCN1. The molecule has 1 aliphatic heterocycles. The van der Waals surface area contributed by atoms with Gasteiger partial charge in [-0.1, -0.05) is 19.4 Å². The number of unbranched alkanes of at least 4 members (excludes halogenated alkanes) is 1. The molecule has 0 aromatic carbocycles. The summed E-state index contributed by atoms with van der Waals surface area (Å²) < 4.78 is 0. The van der Waals surface area contributed by atoms with E-state index in [2.05, 4.69) is 29.6 Å². The Morgan fingerprint density at radius 1 is 1.67 bits per heavy atom. The van der Waals surface area contributed by atoms with Crippen LogP contribution in [0.15, 0.2) is 12.3 Å². The van der Waals surface area contributed by atoms with E-state index in [1.165, 1.54) is 0 Å². The largest absolute Gasteiger partial charge is 0.316 e. The summed E-state index contributed by atoms with van der Waals surface area (Å²) in [7, 11) is 0. The number of hydrogen-bond donors (Lipinski definition) is 1. The zero-order valence-electron chi connectivity index (χ0n) is 5.64. The van der Waals surface area contributed by atoms with Crippen molar-refractivity contribution >= 4 is 0 Å². The normalized spacial score (nSPS) is 17.2. The molecular weight excluding hydrogens is 112 g/mol. The fourth-order valence-corrected chi connectivity index (χ4v) is 0.838. The molecule has 2 nitrogen and oxygen atoms in total. The van der Waals surface area contributed by atoms with Crippen LogP contribution in [0, 0.1) is 6.92 Å².